The fourth-order valence-corrected chi connectivity index (χ4v) is 1.04. The molecule has 0 aromatic carbocycles. The molecule has 0 spiro atoms. The van der Waals surface area contributed by atoms with E-state index in [4.69, 9.17) is 16.4 Å². The normalized spacial score (nSPS) is 9.50. The second-order valence-electron chi connectivity index (χ2n) is 2.23. The average molecular weight is 185 g/mol. The molecule has 0 bridgehead atoms. The van der Waals surface area contributed by atoms with Crippen LogP contribution in [0, 0.1) is 0 Å². The van der Waals surface area contributed by atoms with Gasteiger partial charge in [-0.25, -0.2) is 0 Å². The molecule has 2 nitrogen and oxygen atoms in total. The van der Waals surface area contributed by atoms with Crippen molar-refractivity contribution in [2.75, 3.05) is 6.61 Å². The predicted molar refractivity (Wildman–Crippen MR) is 48.6 cm³/mol. The van der Waals surface area contributed by atoms with Crippen LogP contribution in [0.1, 0.15) is 12.6 Å². The molecule has 0 aliphatic rings. The number of halogens is 1. The Bertz CT molecular complexity index is 286. The fraction of sp³-hybridized carbons (Fsp3) is 0.222. The van der Waals surface area contributed by atoms with Gasteiger partial charge in [-0.1, -0.05) is 18.2 Å². The lowest BCUT2D eigenvalue weighted by molar-refractivity contribution is -0.892. The van der Waals surface area contributed by atoms with Crippen molar-refractivity contribution in [1.82, 2.24) is 0 Å². The molecule has 0 fully saturated rings. The number of hydrogen-bond acceptors (Lipinski definition) is 1. The average Bonchev–Trinajstić information content (AvgIpc) is 2.05. The molecule has 1 aromatic heterocycles. The van der Waals surface area contributed by atoms with Crippen molar-refractivity contribution in [3.8, 4) is 0 Å². The largest absolute Gasteiger partial charge is 0.275 e. The Morgan fingerprint density at radius 2 is 2.42 bits per heavy atom. The summed E-state index contributed by atoms with van der Waals surface area (Å²) in [6.07, 6.45) is 1.80. The summed E-state index contributed by atoms with van der Waals surface area (Å²) in [6, 6.07) is 5.61. The molecule has 0 unspecified atom stereocenters. The summed E-state index contributed by atoms with van der Waals surface area (Å²) in [5, 5.41) is 0.476. The first kappa shape index (κ1) is 9.07. The van der Waals surface area contributed by atoms with Gasteiger partial charge in [0.2, 0.25) is 6.20 Å². The van der Waals surface area contributed by atoms with Gasteiger partial charge in [0.05, 0.1) is 0 Å². The molecular weight excluding hydrogens is 174 g/mol. The van der Waals surface area contributed by atoms with E-state index in [9.17, 15) is 0 Å². The molecule has 1 aromatic rings. The number of hydrogen-bond donors (Lipinski definition) is 0. The smallest absolute Gasteiger partial charge is 0.271 e. The highest BCUT2D eigenvalue weighted by Gasteiger charge is 2.11. The summed E-state index contributed by atoms with van der Waals surface area (Å²) < 4.78 is 1.61. The van der Waals surface area contributed by atoms with Crippen molar-refractivity contribution < 1.29 is 9.57 Å². The van der Waals surface area contributed by atoms with E-state index in [1.807, 2.05) is 25.1 Å². The summed E-state index contributed by atoms with van der Waals surface area (Å²) in [6.45, 7) is 6.15. The van der Waals surface area contributed by atoms with E-state index in [1.54, 1.807) is 10.9 Å². The van der Waals surface area contributed by atoms with Crippen molar-refractivity contribution in [1.29, 1.82) is 0 Å². The van der Waals surface area contributed by atoms with Crippen LogP contribution in [0.3, 0.4) is 0 Å². The van der Waals surface area contributed by atoms with Gasteiger partial charge < -0.3 is 0 Å². The van der Waals surface area contributed by atoms with Gasteiger partial charge in [-0.3, -0.25) is 4.84 Å². The number of nitrogens with zero attached hydrogens (tertiary/aromatic N) is 1. The molecule has 0 N–H and O–H groups in total. The van der Waals surface area contributed by atoms with Gasteiger partial charge in [0.15, 0.2) is 6.61 Å². The minimum absolute atomic E-state index is 0.476. The topological polar surface area (TPSA) is 13.1 Å². The second kappa shape index (κ2) is 4.12. The maximum absolute atomic E-state index is 5.75. The Labute approximate surface area is 77.0 Å². The lowest BCUT2D eigenvalue weighted by Gasteiger charge is -1.98. The maximum atomic E-state index is 5.75. The summed E-state index contributed by atoms with van der Waals surface area (Å²) in [5.74, 6) is 0. The Hall–Kier alpha value is -1.02. The quantitative estimate of drug-likeness (QED) is 0.651. The van der Waals surface area contributed by atoms with E-state index in [1.165, 1.54) is 0 Å². The maximum Gasteiger partial charge on any atom is 0.275 e. The standard InChI is InChI=1S/C9H11ClNO/c1-3-12-11-7-5-4-6-9(11)8(2)10/h4-7H,2-3H2,1H3/q+1. The Kier molecular flexibility index (Phi) is 3.11. The van der Waals surface area contributed by atoms with Crippen LogP contribution in [-0.2, 0) is 0 Å². The molecular formula is C9H11ClNO+. The lowest BCUT2D eigenvalue weighted by atomic mass is 10.3. The number of rotatable bonds is 3. The van der Waals surface area contributed by atoms with Crippen molar-refractivity contribution in [3.05, 3.63) is 36.7 Å². The lowest BCUT2D eigenvalue weighted by Crippen LogP contribution is -2.45. The zero-order valence-electron chi connectivity index (χ0n) is 6.96. The molecule has 0 amide bonds. The summed E-state index contributed by atoms with van der Waals surface area (Å²) in [7, 11) is 0. The van der Waals surface area contributed by atoms with Gasteiger partial charge in [-0.2, -0.15) is 0 Å². The molecule has 0 aliphatic heterocycles. The van der Waals surface area contributed by atoms with E-state index in [2.05, 4.69) is 6.58 Å². The molecule has 64 valence electrons. The van der Waals surface area contributed by atoms with E-state index in [0.29, 0.717) is 11.6 Å². The van der Waals surface area contributed by atoms with Crippen molar-refractivity contribution >= 4 is 16.6 Å². The van der Waals surface area contributed by atoms with E-state index < -0.39 is 0 Å². The first-order valence-corrected chi connectivity index (χ1v) is 4.12. The van der Waals surface area contributed by atoms with Gasteiger partial charge >= 0.3 is 0 Å². The third-order valence-corrected chi connectivity index (χ3v) is 1.56. The zero-order valence-corrected chi connectivity index (χ0v) is 7.71. The molecule has 1 rings (SSSR count). The van der Waals surface area contributed by atoms with Crippen LogP contribution in [0.25, 0.3) is 5.03 Å². The molecule has 0 saturated carbocycles. The van der Waals surface area contributed by atoms with Crippen LogP contribution >= 0.6 is 11.6 Å². The second-order valence-corrected chi connectivity index (χ2v) is 2.69. The van der Waals surface area contributed by atoms with E-state index >= 15 is 0 Å². The zero-order chi connectivity index (χ0) is 8.97. The molecule has 1 heterocycles. The van der Waals surface area contributed by atoms with E-state index in [0.717, 1.165) is 5.69 Å². The summed E-state index contributed by atoms with van der Waals surface area (Å²) in [4.78, 5) is 5.27. The minimum atomic E-state index is 0.476. The van der Waals surface area contributed by atoms with Gasteiger partial charge in [-0.05, 0) is 13.0 Å². The minimum Gasteiger partial charge on any atom is -0.271 e. The SMILES string of the molecule is C=C(Cl)c1cccc[n+]1OCC. The van der Waals surface area contributed by atoms with Gasteiger partial charge in [0, 0.05) is 16.9 Å². The Morgan fingerprint density at radius 3 is 3.00 bits per heavy atom. The Morgan fingerprint density at radius 1 is 1.67 bits per heavy atom. The van der Waals surface area contributed by atoms with Crippen LogP contribution in [0.4, 0.5) is 0 Å². The van der Waals surface area contributed by atoms with E-state index in [-0.39, 0.29) is 0 Å². The monoisotopic (exact) mass is 184 g/mol. The van der Waals surface area contributed by atoms with Gasteiger partial charge in [0.25, 0.3) is 5.69 Å². The molecule has 0 saturated heterocycles. The highest BCUT2D eigenvalue weighted by Crippen LogP contribution is 2.10. The molecule has 0 atom stereocenters. The number of aromatic nitrogens is 1. The third kappa shape index (κ3) is 1.98. The van der Waals surface area contributed by atoms with Crippen molar-refractivity contribution in [2.45, 2.75) is 6.92 Å². The van der Waals surface area contributed by atoms with Crippen molar-refractivity contribution in [3.63, 3.8) is 0 Å². The summed E-state index contributed by atoms with van der Waals surface area (Å²) in [5.41, 5.74) is 0.779. The highest BCUT2D eigenvalue weighted by molar-refractivity contribution is 6.47. The molecule has 0 aliphatic carbocycles. The van der Waals surface area contributed by atoms with Crippen LogP contribution < -0.4 is 9.57 Å². The van der Waals surface area contributed by atoms with Gasteiger partial charge in [-0.15, -0.1) is 0 Å². The highest BCUT2D eigenvalue weighted by atomic mass is 35.5. The first-order chi connectivity index (χ1) is 5.75. The van der Waals surface area contributed by atoms with Crippen molar-refractivity contribution in [2.24, 2.45) is 0 Å². The van der Waals surface area contributed by atoms with Gasteiger partial charge in [0.1, 0.15) is 5.03 Å². The van der Waals surface area contributed by atoms with Crippen LogP contribution in [0.15, 0.2) is 31.0 Å². The predicted octanol–water partition coefficient (Wildman–Crippen LogP) is 1.63. The van der Waals surface area contributed by atoms with Crippen LogP contribution in [0.2, 0.25) is 0 Å². The molecule has 0 radical (unpaired) electrons. The third-order valence-electron chi connectivity index (χ3n) is 1.37. The summed E-state index contributed by atoms with van der Waals surface area (Å²) >= 11 is 5.75. The fourth-order valence-electron chi connectivity index (χ4n) is 0.890. The first-order valence-electron chi connectivity index (χ1n) is 3.74. The Balaban J connectivity index is 3.00. The molecule has 12 heavy (non-hydrogen) atoms. The number of pyridine rings is 1. The van der Waals surface area contributed by atoms with Crippen LogP contribution in [0.5, 0.6) is 0 Å². The molecule has 3 heteroatoms. The van der Waals surface area contributed by atoms with Crippen LogP contribution in [-0.4, -0.2) is 6.61 Å².